The number of carboxylic acid groups (broad SMARTS) is 1. The van der Waals surface area contributed by atoms with Gasteiger partial charge in [-0.15, -0.1) is 0 Å². The highest BCUT2D eigenvalue weighted by Gasteiger charge is 2.42. The molecule has 1 fully saturated rings. The van der Waals surface area contributed by atoms with Gasteiger partial charge >= 0.3 is 5.97 Å². The van der Waals surface area contributed by atoms with Gasteiger partial charge in [0.25, 0.3) is 0 Å². The molecular formula is C55H81N11O12S. The second-order valence-electron chi connectivity index (χ2n) is 21.0. The van der Waals surface area contributed by atoms with Crippen LogP contribution in [0.5, 0.6) is 5.75 Å². The molecule has 0 spiro atoms. The average Bonchev–Trinajstić information content (AvgIpc) is 4.14. The van der Waals surface area contributed by atoms with E-state index < -0.39 is 126 Å². The third kappa shape index (κ3) is 20.0. The molecule has 0 aliphatic carbocycles. The Balaban J connectivity index is 1.57. The number of phenolic OH excluding ortho intramolecular Hbond substituents is 1. The quantitative estimate of drug-likeness (QED) is 0.0425. The molecule has 3 aromatic rings. The monoisotopic (exact) mass is 1120 g/mol. The van der Waals surface area contributed by atoms with Crippen LogP contribution >= 0.6 is 11.8 Å². The van der Waals surface area contributed by atoms with E-state index in [1.807, 2.05) is 57.4 Å². The number of carboxylic acids is 1. The molecule has 13 N–H and O–H groups in total. The number of aliphatic hydroxyl groups is 1. The number of imidazole rings is 1. The van der Waals surface area contributed by atoms with Crippen molar-refractivity contribution in [2.75, 3.05) is 18.6 Å². The number of phenols is 1. The molecule has 2 aromatic carbocycles. The zero-order valence-corrected chi connectivity index (χ0v) is 47.1. The standard InChI is InChI=1S/C55H81N11O12S/c1-9-32(6)45(53(75)63-44(31(4)5)55(77)78)64-48(70)39(21-23-79-8)59-52(74)43-16-13-22-66(43)54(76)46(33(7)67)65-51(73)42(27-36-28-57-29-58-36)62-50(72)41(26-35-17-19-37(68)20-18-35)61-49(71)40(24-30(2)3)60-47(69)38(56)25-34-14-11-10-12-15-34/h10-12,14-15,17-20,28-33,38-46,67-68H,9,13,16,21-27,56H2,1-8H3,(H,57,58)(H,59,74)(H,60,69)(H,61,71)(H,62,72)(H,63,75)(H,64,70)(H,65,73)(H,77,78)/t32-,33+,38-,39-,40-,41-,42-,43-,44-,45-,46-/m0/s1. The first kappa shape index (κ1) is 64.5. The van der Waals surface area contributed by atoms with Crippen molar-refractivity contribution in [2.24, 2.45) is 23.5 Å². The fourth-order valence-corrected chi connectivity index (χ4v) is 9.47. The smallest absolute Gasteiger partial charge is 0.326 e. The second-order valence-corrected chi connectivity index (χ2v) is 21.9. The van der Waals surface area contributed by atoms with Crippen LogP contribution in [0.2, 0.25) is 0 Å². The molecule has 0 radical (unpaired) electrons. The maximum absolute atomic E-state index is 14.6. The third-order valence-corrected chi connectivity index (χ3v) is 14.4. The van der Waals surface area contributed by atoms with Gasteiger partial charge in [-0.25, -0.2) is 9.78 Å². The molecule has 1 aromatic heterocycles. The zero-order valence-electron chi connectivity index (χ0n) is 46.3. The van der Waals surface area contributed by atoms with Crippen LogP contribution < -0.4 is 43.0 Å². The van der Waals surface area contributed by atoms with Gasteiger partial charge in [-0.3, -0.25) is 38.4 Å². The predicted molar refractivity (Wildman–Crippen MR) is 297 cm³/mol. The number of carbonyl (C=O) groups is 9. The van der Waals surface area contributed by atoms with Crippen molar-refractivity contribution in [1.82, 2.24) is 52.1 Å². The number of H-pyrrole nitrogens is 1. The number of hydrogen-bond acceptors (Lipinski definition) is 14. The van der Waals surface area contributed by atoms with Gasteiger partial charge < -0.3 is 68.2 Å². The molecular weight excluding hydrogens is 1040 g/mol. The lowest BCUT2D eigenvalue weighted by atomic mass is 9.96. The number of aliphatic hydroxyl groups excluding tert-OH is 1. The summed E-state index contributed by atoms with van der Waals surface area (Å²) < 4.78 is 0. The van der Waals surface area contributed by atoms with E-state index in [4.69, 9.17) is 5.73 Å². The number of thioether (sulfide) groups is 1. The maximum atomic E-state index is 14.6. The Morgan fingerprint density at radius 1 is 0.709 bits per heavy atom. The van der Waals surface area contributed by atoms with Gasteiger partial charge in [0.2, 0.25) is 47.3 Å². The number of amides is 8. The van der Waals surface area contributed by atoms with Crippen molar-refractivity contribution in [2.45, 2.75) is 160 Å². The number of rotatable bonds is 31. The topological polar surface area (TPSA) is 356 Å². The van der Waals surface area contributed by atoms with Gasteiger partial charge in [0.15, 0.2) is 0 Å². The normalized spacial score (nSPS) is 17.1. The van der Waals surface area contributed by atoms with E-state index in [9.17, 15) is 58.5 Å². The summed E-state index contributed by atoms with van der Waals surface area (Å²) in [5, 5.41) is 49.7. The molecule has 1 aliphatic heterocycles. The molecule has 434 valence electrons. The summed E-state index contributed by atoms with van der Waals surface area (Å²) >= 11 is 1.41. The number of aliphatic carboxylic acids is 1. The zero-order chi connectivity index (χ0) is 58.5. The summed E-state index contributed by atoms with van der Waals surface area (Å²) in [6, 6.07) is 3.68. The molecule has 0 bridgehead atoms. The van der Waals surface area contributed by atoms with Crippen molar-refractivity contribution >= 4 is 65.0 Å². The third-order valence-electron chi connectivity index (χ3n) is 13.7. The van der Waals surface area contributed by atoms with Crippen molar-refractivity contribution in [3.8, 4) is 5.75 Å². The Kier molecular flexibility index (Phi) is 25.7. The molecule has 24 heteroatoms. The lowest BCUT2D eigenvalue weighted by Crippen LogP contribution is -2.62. The van der Waals surface area contributed by atoms with E-state index in [-0.39, 0.29) is 56.7 Å². The largest absolute Gasteiger partial charge is 0.508 e. The van der Waals surface area contributed by atoms with Crippen LogP contribution in [-0.4, -0.2) is 162 Å². The van der Waals surface area contributed by atoms with E-state index in [2.05, 4.69) is 47.2 Å². The van der Waals surface area contributed by atoms with Gasteiger partial charge in [-0.1, -0.05) is 90.4 Å². The first-order valence-corrected chi connectivity index (χ1v) is 28.2. The van der Waals surface area contributed by atoms with Crippen LogP contribution in [0.4, 0.5) is 0 Å². The van der Waals surface area contributed by atoms with Crippen LogP contribution in [0.25, 0.3) is 0 Å². The summed E-state index contributed by atoms with van der Waals surface area (Å²) in [6.07, 6.45) is 4.15. The van der Waals surface area contributed by atoms with Crippen molar-refractivity contribution in [3.05, 3.63) is 83.9 Å². The van der Waals surface area contributed by atoms with Crippen molar-refractivity contribution < 1.29 is 58.5 Å². The fourth-order valence-electron chi connectivity index (χ4n) is 9.00. The van der Waals surface area contributed by atoms with Gasteiger partial charge in [-0.2, -0.15) is 11.8 Å². The van der Waals surface area contributed by atoms with Crippen LogP contribution in [0.1, 0.15) is 97.4 Å². The van der Waals surface area contributed by atoms with Gasteiger partial charge in [-0.05, 0) is 92.0 Å². The van der Waals surface area contributed by atoms with E-state index >= 15 is 0 Å². The summed E-state index contributed by atoms with van der Waals surface area (Å²) in [7, 11) is 0. The number of aromatic hydroxyl groups is 1. The number of benzene rings is 2. The molecule has 8 amide bonds. The molecule has 0 unspecified atom stereocenters. The summed E-state index contributed by atoms with van der Waals surface area (Å²) in [5.41, 5.74) is 8.00. The molecule has 1 aliphatic rings. The molecule has 4 rings (SSSR count). The van der Waals surface area contributed by atoms with Gasteiger partial charge in [0.1, 0.15) is 54.1 Å². The van der Waals surface area contributed by atoms with E-state index in [1.54, 1.807) is 32.9 Å². The van der Waals surface area contributed by atoms with E-state index in [0.717, 1.165) is 5.56 Å². The summed E-state index contributed by atoms with van der Waals surface area (Å²) in [4.78, 5) is 133. The van der Waals surface area contributed by atoms with Gasteiger partial charge in [0, 0.05) is 31.3 Å². The Morgan fingerprint density at radius 2 is 1.28 bits per heavy atom. The highest BCUT2D eigenvalue weighted by molar-refractivity contribution is 7.98. The number of aromatic amines is 1. The van der Waals surface area contributed by atoms with Crippen LogP contribution in [0.15, 0.2) is 67.1 Å². The summed E-state index contributed by atoms with van der Waals surface area (Å²) in [6.45, 7) is 11.8. The van der Waals surface area contributed by atoms with Crippen LogP contribution in [-0.2, 0) is 62.4 Å². The Labute approximate surface area is 465 Å². The molecule has 11 atom stereocenters. The molecule has 1 saturated heterocycles. The Bertz CT molecular complexity index is 2500. The highest BCUT2D eigenvalue weighted by atomic mass is 32.2. The number of nitrogens with zero attached hydrogens (tertiary/aromatic N) is 2. The first-order valence-electron chi connectivity index (χ1n) is 26.8. The van der Waals surface area contributed by atoms with E-state index in [0.29, 0.717) is 29.9 Å². The number of likely N-dealkylation sites (tertiary alicyclic amines) is 1. The number of nitrogens with two attached hydrogens (primary N) is 1. The first-order chi connectivity index (χ1) is 37.4. The molecule has 23 nitrogen and oxygen atoms in total. The van der Waals surface area contributed by atoms with Crippen LogP contribution in [0, 0.1) is 17.8 Å². The Hall–Kier alpha value is -7.05. The minimum atomic E-state index is -1.66. The van der Waals surface area contributed by atoms with Crippen molar-refractivity contribution in [1.29, 1.82) is 0 Å². The summed E-state index contributed by atoms with van der Waals surface area (Å²) in [5.74, 6) is -7.84. The number of aromatic nitrogens is 2. The van der Waals surface area contributed by atoms with E-state index in [1.165, 1.54) is 48.2 Å². The minimum Gasteiger partial charge on any atom is -0.508 e. The predicted octanol–water partition coefficient (Wildman–Crippen LogP) is 0.822. The Morgan fingerprint density at radius 3 is 1.85 bits per heavy atom. The lowest BCUT2D eigenvalue weighted by molar-refractivity contribution is -0.145. The average molecular weight is 1120 g/mol. The minimum absolute atomic E-state index is 0.0404. The molecule has 79 heavy (non-hydrogen) atoms. The van der Waals surface area contributed by atoms with Crippen LogP contribution in [0.3, 0.4) is 0 Å². The van der Waals surface area contributed by atoms with Gasteiger partial charge in [0.05, 0.1) is 18.5 Å². The number of carbonyl (C=O) groups excluding carboxylic acids is 8. The molecule has 2 heterocycles. The number of hydrogen-bond donors (Lipinski definition) is 12. The highest BCUT2D eigenvalue weighted by Crippen LogP contribution is 2.21. The number of nitrogens with one attached hydrogen (secondary N) is 8. The second kappa shape index (κ2) is 31.5. The fraction of sp³-hybridized carbons (Fsp3) is 0.564. The lowest BCUT2D eigenvalue weighted by Gasteiger charge is -2.32. The van der Waals surface area contributed by atoms with Crippen molar-refractivity contribution in [3.63, 3.8) is 0 Å². The SMILES string of the molecule is CC[C@H](C)[C@H](NC(=O)[C@H](CCSC)NC(=O)[C@@H]1CCCN1C(=O)[C@@H](NC(=O)[C@H](Cc1cnc[nH]1)NC(=O)[C@H](Cc1ccc(O)cc1)NC(=O)[C@H](CC(C)C)NC(=O)[C@@H](N)Cc1ccccc1)[C@@H](C)O)C(=O)N[C@H](C(=O)O)C(C)C. The molecule has 0 saturated carbocycles. The maximum Gasteiger partial charge on any atom is 0.326 e.